The molecule has 33 heavy (non-hydrogen) atoms. The Morgan fingerprint density at radius 3 is 2.58 bits per heavy atom. The van der Waals surface area contributed by atoms with Crippen LogP contribution < -0.4 is 16.3 Å². The molecule has 0 radical (unpaired) electrons. The van der Waals surface area contributed by atoms with E-state index in [0.717, 1.165) is 43.6 Å². The van der Waals surface area contributed by atoms with E-state index in [1.54, 1.807) is 11.6 Å². The van der Waals surface area contributed by atoms with E-state index in [1.165, 1.54) is 17.4 Å². The fraction of sp³-hybridized carbons (Fsp3) is 0.625. The third-order valence-electron chi connectivity index (χ3n) is 6.61. The number of fused-ring (bicyclic) bond motifs is 1. The van der Waals surface area contributed by atoms with Crippen LogP contribution >= 0.6 is 0 Å². The normalized spacial score (nSPS) is 19.8. The first-order valence-corrected chi connectivity index (χ1v) is 11.9. The summed E-state index contributed by atoms with van der Waals surface area (Å²) < 4.78 is 14.5. The summed E-state index contributed by atoms with van der Waals surface area (Å²) in [5.74, 6) is -0.0360. The number of rotatable bonds is 10. The number of hydrogen-bond acceptors (Lipinski definition) is 6. The zero-order valence-corrected chi connectivity index (χ0v) is 19.3. The second kappa shape index (κ2) is 11.1. The second-order valence-electron chi connectivity index (χ2n) is 8.99. The van der Waals surface area contributed by atoms with Crippen molar-refractivity contribution >= 4 is 22.8 Å². The van der Waals surface area contributed by atoms with Crippen molar-refractivity contribution < 1.29 is 19.1 Å². The molecule has 0 spiro atoms. The first kappa shape index (κ1) is 23.7. The fourth-order valence-corrected chi connectivity index (χ4v) is 4.69. The van der Waals surface area contributed by atoms with E-state index in [9.17, 15) is 14.4 Å². The van der Waals surface area contributed by atoms with Crippen LogP contribution in [0.25, 0.3) is 11.0 Å². The summed E-state index contributed by atoms with van der Waals surface area (Å²) in [5, 5.41) is 5.70. The first-order valence-electron chi connectivity index (χ1n) is 11.9. The van der Waals surface area contributed by atoms with Crippen molar-refractivity contribution in [1.82, 2.24) is 19.8 Å². The van der Waals surface area contributed by atoms with Gasteiger partial charge in [-0.3, -0.25) is 24.0 Å². The van der Waals surface area contributed by atoms with Crippen LogP contribution in [-0.2, 0) is 32.5 Å². The predicted octanol–water partition coefficient (Wildman–Crippen LogP) is 1.28. The van der Waals surface area contributed by atoms with Crippen LogP contribution in [0, 0.1) is 5.92 Å². The van der Waals surface area contributed by atoms with Crippen molar-refractivity contribution in [2.75, 3.05) is 39.5 Å². The van der Waals surface area contributed by atoms with Crippen LogP contribution in [0.5, 0.6) is 0 Å². The van der Waals surface area contributed by atoms with Crippen LogP contribution in [0.15, 0.2) is 23.0 Å². The zero-order chi connectivity index (χ0) is 23.2. The van der Waals surface area contributed by atoms with Gasteiger partial charge in [-0.15, -0.1) is 0 Å². The molecule has 2 amide bonds. The predicted molar refractivity (Wildman–Crippen MR) is 124 cm³/mol. The molecule has 2 fully saturated rings. The lowest BCUT2D eigenvalue weighted by molar-refractivity contribution is -0.135. The van der Waals surface area contributed by atoms with Crippen LogP contribution in [-0.4, -0.2) is 60.5 Å². The molecule has 0 bridgehead atoms. The maximum absolute atomic E-state index is 12.8. The molecule has 2 aromatic rings. The Bertz CT molecular complexity index is 1040. The van der Waals surface area contributed by atoms with Gasteiger partial charge in [0.1, 0.15) is 6.04 Å². The number of amides is 2. The highest BCUT2D eigenvalue weighted by Crippen LogP contribution is 2.24. The lowest BCUT2D eigenvalue weighted by Gasteiger charge is -2.22. The van der Waals surface area contributed by atoms with Crippen LogP contribution in [0.3, 0.4) is 0 Å². The zero-order valence-electron chi connectivity index (χ0n) is 19.3. The molecule has 2 aliphatic heterocycles. The van der Waals surface area contributed by atoms with Crippen molar-refractivity contribution in [3.63, 3.8) is 0 Å². The van der Waals surface area contributed by atoms with Gasteiger partial charge in [-0.05, 0) is 68.8 Å². The number of carbonyl (C=O) groups excluding carboxylic acids is 2. The minimum absolute atomic E-state index is 0.237. The molecule has 0 aliphatic carbocycles. The number of imidazole rings is 1. The molecule has 1 aromatic carbocycles. The van der Waals surface area contributed by atoms with Gasteiger partial charge in [0.25, 0.3) is 0 Å². The highest BCUT2D eigenvalue weighted by Gasteiger charge is 2.31. The van der Waals surface area contributed by atoms with Gasteiger partial charge in [0, 0.05) is 26.7 Å². The minimum atomic E-state index is -0.657. The minimum Gasteiger partial charge on any atom is -0.379 e. The van der Waals surface area contributed by atoms with Crippen LogP contribution in [0.4, 0.5) is 0 Å². The topological polar surface area (TPSA) is 104 Å². The van der Waals surface area contributed by atoms with E-state index in [2.05, 4.69) is 10.6 Å². The first-order chi connectivity index (χ1) is 16.0. The Morgan fingerprint density at radius 2 is 1.79 bits per heavy atom. The summed E-state index contributed by atoms with van der Waals surface area (Å²) in [5.41, 5.74) is 2.37. The van der Waals surface area contributed by atoms with Crippen molar-refractivity contribution in [1.29, 1.82) is 0 Å². The molecule has 2 saturated heterocycles. The number of aromatic nitrogens is 2. The van der Waals surface area contributed by atoms with Gasteiger partial charge in [-0.25, -0.2) is 4.79 Å². The number of aryl methyl sites for hydroxylation is 2. The third-order valence-corrected chi connectivity index (χ3v) is 6.61. The van der Waals surface area contributed by atoms with Gasteiger partial charge >= 0.3 is 5.69 Å². The van der Waals surface area contributed by atoms with E-state index >= 15 is 0 Å². The fourth-order valence-electron chi connectivity index (χ4n) is 4.69. The van der Waals surface area contributed by atoms with E-state index in [0.29, 0.717) is 37.7 Å². The highest BCUT2D eigenvalue weighted by molar-refractivity contribution is 6.00. The molecule has 2 N–H and O–H groups in total. The Labute approximate surface area is 193 Å². The lowest BCUT2D eigenvalue weighted by Crippen LogP contribution is -2.44. The molecular weight excluding hydrogens is 424 g/mol. The van der Waals surface area contributed by atoms with E-state index in [1.807, 2.05) is 18.2 Å². The third kappa shape index (κ3) is 5.72. The molecule has 0 saturated carbocycles. The van der Waals surface area contributed by atoms with E-state index in [-0.39, 0.29) is 18.0 Å². The molecule has 9 heteroatoms. The SMILES string of the molecule is Cn1c(=O)n(C2CCC(=O)NC2=O)c2ccc(CCCOCCOCC3CCNCC3)cc21. The number of imide groups is 1. The Balaban J connectivity index is 1.25. The van der Waals surface area contributed by atoms with E-state index in [4.69, 9.17) is 9.47 Å². The Morgan fingerprint density at radius 1 is 1.00 bits per heavy atom. The summed E-state index contributed by atoms with van der Waals surface area (Å²) in [7, 11) is 1.71. The lowest BCUT2D eigenvalue weighted by atomic mass is 9.99. The molecule has 180 valence electrons. The summed E-state index contributed by atoms with van der Waals surface area (Å²) in [4.78, 5) is 36.6. The summed E-state index contributed by atoms with van der Waals surface area (Å²) in [6.07, 6.45) is 4.66. The Kier molecular flexibility index (Phi) is 7.95. The summed E-state index contributed by atoms with van der Waals surface area (Å²) in [6, 6.07) is 5.23. The standard InChI is InChI=1S/C24H34N4O5/c1-27-21-15-17(3-2-12-32-13-14-33-16-18-8-10-25-11-9-18)4-5-19(21)28(24(27)31)20-6-7-22(29)26-23(20)30/h4-5,15,18,20,25H,2-3,6-14,16H2,1H3,(H,26,29,30). The number of nitrogens with one attached hydrogen (secondary N) is 2. The summed E-state index contributed by atoms with van der Waals surface area (Å²) in [6.45, 7) is 4.89. The van der Waals surface area contributed by atoms with Gasteiger partial charge in [-0.1, -0.05) is 6.07 Å². The second-order valence-corrected chi connectivity index (χ2v) is 8.99. The van der Waals surface area contributed by atoms with Crippen molar-refractivity contribution in [2.45, 2.75) is 44.6 Å². The highest BCUT2D eigenvalue weighted by atomic mass is 16.5. The molecule has 3 heterocycles. The largest absolute Gasteiger partial charge is 0.379 e. The quantitative estimate of drug-likeness (QED) is 0.411. The van der Waals surface area contributed by atoms with Gasteiger partial charge in [0.05, 0.1) is 24.2 Å². The van der Waals surface area contributed by atoms with Crippen molar-refractivity contribution in [2.24, 2.45) is 13.0 Å². The van der Waals surface area contributed by atoms with Gasteiger partial charge in [-0.2, -0.15) is 0 Å². The van der Waals surface area contributed by atoms with Crippen LogP contribution in [0.1, 0.15) is 43.7 Å². The van der Waals surface area contributed by atoms with Gasteiger partial charge in [0.15, 0.2) is 0 Å². The number of nitrogens with zero attached hydrogens (tertiary/aromatic N) is 2. The number of carbonyl (C=O) groups is 2. The smallest absolute Gasteiger partial charge is 0.329 e. The number of ether oxygens (including phenoxy) is 2. The average molecular weight is 459 g/mol. The van der Waals surface area contributed by atoms with Crippen molar-refractivity contribution in [3.05, 3.63) is 34.2 Å². The monoisotopic (exact) mass is 458 g/mol. The van der Waals surface area contributed by atoms with E-state index < -0.39 is 11.9 Å². The molecule has 4 rings (SSSR count). The molecule has 2 aliphatic rings. The molecule has 1 atom stereocenters. The van der Waals surface area contributed by atoms with Crippen molar-refractivity contribution in [3.8, 4) is 0 Å². The van der Waals surface area contributed by atoms with Crippen LogP contribution in [0.2, 0.25) is 0 Å². The number of hydrogen-bond donors (Lipinski definition) is 2. The maximum atomic E-state index is 12.8. The number of piperidine rings is 2. The number of benzene rings is 1. The molecule has 9 nitrogen and oxygen atoms in total. The Hall–Kier alpha value is -2.49. The molecule has 1 aromatic heterocycles. The molecule has 1 unspecified atom stereocenters. The van der Waals surface area contributed by atoms with Gasteiger partial charge < -0.3 is 14.8 Å². The maximum Gasteiger partial charge on any atom is 0.329 e. The van der Waals surface area contributed by atoms with Gasteiger partial charge in [0.2, 0.25) is 11.8 Å². The molecular formula is C24H34N4O5. The summed E-state index contributed by atoms with van der Waals surface area (Å²) >= 11 is 0. The average Bonchev–Trinajstić information content (AvgIpc) is 3.06.